The van der Waals surface area contributed by atoms with E-state index < -0.39 is 18.0 Å². The number of halogens is 2. The lowest BCUT2D eigenvalue weighted by Crippen LogP contribution is -2.37. The number of hydrogen-bond acceptors (Lipinski definition) is 7. The van der Waals surface area contributed by atoms with Gasteiger partial charge in [-0.3, -0.25) is 9.48 Å². The summed E-state index contributed by atoms with van der Waals surface area (Å²) < 4.78 is 36.2. The number of nitrogens with two attached hydrogens (primary N) is 1. The first-order valence-electron chi connectivity index (χ1n) is 10.8. The van der Waals surface area contributed by atoms with Crippen LogP contribution in [-0.2, 0) is 9.53 Å². The van der Waals surface area contributed by atoms with Gasteiger partial charge in [-0.15, -0.1) is 0 Å². The molecule has 1 aliphatic carbocycles. The fraction of sp³-hybridized carbons (Fsp3) is 0.476. The summed E-state index contributed by atoms with van der Waals surface area (Å²) in [6.45, 7) is 1.32. The molecule has 2 aliphatic heterocycles. The van der Waals surface area contributed by atoms with E-state index in [1.54, 1.807) is 12.3 Å². The normalized spacial score (nSPS) is 26.3. The molecule has 5 heterocycles. The lowest BCUT2D eigenvalue weighted by atomic mass is 9.81. The number of fused-ring (bicyclic) bond motifs is 3. The van der Waals surface area contributed by atoms with Gasteiger partial charge in [0.05, 0.1) is 30.4 Å². The minimum Gasteiger partial charge on any atom is -0.374 e. The average molecular weight is 457 g/mol. The van der Waals surface area contributed by atoms with Crippen molar-refractivity contribution in [2.45, 2.75) is 43.9 Å². The zero-order chi connectivity index (χ0) is 22.9. The second-order valence-electron chi connectivity index (χ2n) is 8.87. The largest absolute Gasteiger partial charge is 0.374 e. The third kappa shape index (κ3) is 3.11. The zero-order valence-electron chi connectivity index (χ0n) is 17.5. The molecule has 0 aromatic carbocycles. The molecular formula is C21H21F2N7O3. The number of morpholine rings is 1. The Hall–Kier alpha value is -3.41. The van der Waals surface area contributed by atoms with Crippen LogP contribution in [0.15, 0.2) is 18.5 Å². The number of aldehydes is 1. The Balaban J connectivity index is 1.44. The molecule has 2 N–H and O–H groups in total. The molecular weight excluding hydrogens is 436 g/mol. The maximum absolute atomic E-state index is 13.9. The van der Waals surface area contributed by atoms with Crippen LogP contribution in [0.25, 0.3) is 16.9 Å². The van der Waals surface area contributed by atoms with Crippen molar-refractivity contribution >= 4 is 23.7 Å². The van der Waals surface area contributed by atoms with E-state index in [1.165, 1.54) is 15.4 Å². The monoisotopic (exact) mass is 457 g/mol. The van der Waals surface area contributed by atoms with Gasteiger partial charge in [0, 0.05) is 24.9 Å². The van der Waals surface area contributed by atoms with Gasteiger partial charge in [-0.25, -0.2) is 18.3 Å². The van der Waals surface area contributed by atoms with Crippen molar-refractivity contribution < 1.29 is 23.1 Å². The Morgan fingerprint density at radius 3 is 2.70 bits per heavy atom. The van der Waals surface area contributed by atoms with Crippen molar-refractivity contribution in [3.8, 4) is 11.3 Å². The summed E-state index contributed by atoms with van der Waals surface area (Å²) in [5.41, 5.74) is 5.42. The molecule has 0 unspecified atom stereocenters. The first-order valence-corrected chi connectivity index (χ1v) is 10.8. The molecule has 3 aromatic heterocycles. The van der Waals surface area contributed by atoms with Crippen LogP contribution in [0.2, 0.25) is 0 Å². The number of rotatable bonds is 6. The number of aromatic nitrogens is 5. The van der Waals surface area contributed by atoms with Crippen LogP contribution in [0, 0.1) is 5.92 Å². The first-order chi connectivity index (χ1) is 15.9. The number of anilines is 1. The van der Waals surface area contributed by atoms with Gasteiger partial charge in [0.25, 0.3) is 12.3 Å². The Kier molecular flexibility index (Phi) is 4.47. The van der Waals surface area contributed by atoms with Crippen LogP contribution >= 0.6 is 0 Å². The highest BCUT2D eigenvalue weighted by Crippen LogP contribution is 2.40. The van der Waals surface area contributed by atoms with E-state index in [-0.39, 0.29) is 46.6 Å². The quantitative estimate of drug-likeness (QED) is 0.560. The van der Waals surface area contributed by atoms with Crippen molar-refractivity contribution in [1.82, 2.24) is 24.4 Å². The van der Waals surface area contributed by atoms with Crippen LogP contribution in [0.4, 0.5) is 14.6 Å². The van der Waals surface area contributed by atoms with Gasteiger partial charge in [-0.2, -0.15) is 10.2 Å². The standard InChI is InChI=1S/C21H21F2N7O3/c22-19(23)18-14(7-30(27-18)11-3-10(4-11)8-31)17-16(20(24)32)21-25-15(1-2-29(21)26-17)28-6-13-5-12(28)9-33-13/h1-2,7-8,10-13,19H,3-6,9H2,(H2,24,32)/t10?,11?,12-,13-/m1/s1. The van der Waals surface area contributed by atoms with Crippen LogP contribution in [0.5, 0.6) is 0 Å². The van der Waals surface area contributed by atoms with E-state index in [0.717, 1.165) is 12.7 Å². The average Bonchev–Trinajstić information content (AvgIpc) is 3.53. The maximum Gasteiger partial charge on any atom is 0.282 e. The third-order valence-corrected chi connectivity index (χ3v) is 6.85. The number of carbonyl (C=O) groups is 2. The fourth-order valence-electron chi connectivity index (χ4n) is 5.07. The molecule has 1 amide bonds. The van der Waals surface area contributed by atoms with E-state index >= 15 is 0 Å². The smallest absolute Gasteiger partial charge is 0.282 e. The zero-order valence-corrected chi connectivity index (χ0v) is 17.5. The maximum atomic E-state index is 13.9. The summed E-state index contributed by atoms with van der Waals surface area (Å²) in [7, 11) is 0. The number of amides is 1. The molecule has 1 saturated carbocycles. The van der Waals surface area contributed by atoms with Crippen LogP contribution in [0.3, 0.4) is 0 Å². The predicted octanol–water partition coefficient (Wildman–Crippen LogP) is 1.76. The Morgan fingerprint density at radius 2 is 2.06 bits per heavy atom. The van der Waals surface area contributed by atoms with Crippen molar-refractivity contribution in [3.05, 3.63) is 29.7 Å². The second-order valence-corrected chi connectivity index (χ2v) is 8.87. The first kappa shape index (κ1) is 20.2. The number of nitrogens with zero attached hydrogens (tertiary/aromatic N) is 6. The molecule has 3 aromatic rings. The van der Waals surface area contributed by atoms with Crippen LogP contribution in [-0.4, -0.2) is 61.9 Å². The van der Waals surface area contributed by atoms with E-state index in [9.17, 15) is 18.4 Å². The van der Waals surface area contributed by atoms with Crippen molar-refractivity contribution in [1.29, 1.82) is 0 Å². The van der Waals surface area contributed by atoms with E-state index in [2.05, 4.69) is 20.1 Å². The molecule has 2 saturated heterocycles. The highest BCUT2D eigenvalue weighted by atomic mass is 19.3. The molecule has 0 radical (unpaired) electrons. The summed E-state index contributed by atoms with van der Waals surface area (Å²) in [6.07, 6.45) is 3.24. The van der Waals surface area contributed by atoms with E-state index in [4.69, 9.17) is 10.5 Å². The van der Waals surface area contributed by atoms with Gasteiger partial charge in [-0.05, 0) is 25.3 Å². The number of carbonyl (C=O) groups excluding carboxylic acids is 2. The van der Waals surface area contributed by atoms with Crippen molar-refractivity contribution in [2.24, 2.45) is 11.7 Å². The van der Waals surface area contributed by atoms with Gasteiger partial charge in [-0.1, -0.05) is 0 Å². The highest BCUT2D eigenvalue weighted by molar-refractivity contribution is 6.05. The van der Waals surface area contributed by atoms with Gasteiger partial charge < -0.3 is 20.2 Å². The SMILES string of the molecule is NC(=O)c1c(-c2cn(C3CC(C=O)C3)nc2C(F)F)nn2ccc(N3C[C@H]4C[C@@H]3CO4)nc12. The molecule has 172 valence electrons. The second kappa shape index (κ2) is 7.30. The minimum absolute atomic E-state index is 0.0197. The summed E-state index contributed by atoms with van der Waals surface area (Å²) in [5, 5.41) is 8.44. The molecule has 2 atom stereocenters. The van der Waals surface area contributed by atoms with Crippen LogP contribution < -0.4 is 10.6 Å². The minimum atomic E-state index is -2.88. The van der Waals surface area contributed by atoms with Gasteiger partial charge in [0.15, 0.2) is 5.65 Å². The Labute approximate surface area is 186 Å². The molecule has 10 nitrogen and oxygen atoms in total. The van der Waals surface area contributed by atoms with Crippen LogP contribution in [0.1, 0.15) is 47.8 Å². The molecule has 0 spiro atoms. The Bertz CT molecular complexity index is 1270. The lowest BCUT2D eigenvalue weighted by molar-refractivity contribution is -0.114. The highest BCUT2D eigenvalue weighted by Gasteiger charge is 2.40. The fourth-order valence-corrected chi connectivity index (χ4v) is 5.07. The predicted molar refractivity (Wildman–Crippen MR) is 111 cm³/mol. The Morgan fingerprint density at radius 1 is 1.24 bits per heavy atom. The summed E-state index contributed by atoms with van der Waals surface area (Å²) >= 11 is 0. The molecule has 2 bridgehead atoms. The van der Waals surface area contributed by atoms with Gasteiger partial charge in [0.1, 0.15) is 29.1 Å². The van der Waals surface area contributed by atoms with Crippen molar-refractivity contribution in [2.75, 3.05) is 18.1 Å². The molecule has 6 rings (SSSR count). The number of primary amides is 1. The van der Waals surface area contributed by atoms with Crippen molar-refractivity contribution in [3.63, 3.8) is 0 Å². The summed E-state index contributed by atoms with van der Waals surface area (Å²) in [4.78, 5) is 30.1. The summed E-state index contributed by atoms with van der Waals surface area (Å²) in [6, 6.07) is 1.84. The van der Waals surface area contributed by atoms with E-state index in [0.29, 0.717) is 31.8 Å². The summed E-state index contributed by atoms with van der Waals surface area (Å²) in [5.74, 6) is -0.247. The van der Waals surface area contributed by atoms with Gasteiger partial charge in [0.2, 0.25) is 0 Å². The van der Waals surface area contributed by atoms with E-state index in [1.807, 2.05) is 0 Å². The molecule has 12 heteroatoms. The lowest BCUT2D eigenvalue weighted by Gasteiger charge is -2.31. The molecule has 33 heavy (non-hydrogen) atoms. The number of alkyl halides is 2. The third-order valence-electron chi connectivity index (χ3n) is 6.85. The topological polar surface area (TPSA) is 121 Å². The van der Waals surface area contributed by atoms with Gasteiger partial charge >= 0.3 is 0 Å². The molecule has 3 fully saturated rings. The number of ether oxygens (including phenoxy) is 1. The molecule has 3 aliphatic rings. The number of hydrogen-bond donors (Lipinski definition) is 1.